The van der Waals surface area contributed by atoms with Gasteiger partial charge in [-0.1, -0.05) is 57.5 Å². The van der Waals surface area contributed by atoms with Crippen molar-refractivity contribution in [2.45, 2.75) is 82.7 Å². The van der Waals surface area contributed by atoms with Crippen molar-refractivity contribution >= 4 is 79.3 Å². The van der Waals surface area contributed by atoms with Gasteiger partial charge in [0.2, 0.25) is 0 Å². The fourth-order valence-corrected chi connectivity index (χ4v) is 10.9. The molecule has 0 saturated heterocycles. The summed E-state index contributed by atoms with van der Waals surface area (Å²) in [4.78, 5) is 64.9. The lowest BCUT2D eigenvalue weighted by Gasteiger charge is -2.27. The van der Waals surface area contributed by atoms with E-state index in [4.69, 9.17) is 34.2 Å². The molecule has 0 spiro atoms. The number of carbonyl (C=O) groups is 4. The van der Waals surface area contributed by atoms with Gasteiger partial charge in [0.1, 0.15) is 25.5 Å². The van der Waals surface area contributed by atoms with Gasteiger partial charge in [-0.3, -0.25) is 29.0 Å². The first-order valence-corrected chi connectivity index (χ1v) is 31.7. The van der Waals surface area contributed by atoms with Crippen molar-refractivity contribution in [2.24, 2.45) is 0 Å². The van der Waals surface area contributed by atoms with E-state index in [1.807, 2.05) is 29.6 Å². The molecular weight excluding hydrogens is 931 g/mol. The number of methoxy groups -OCH3 is 2. The minimum Gasteiger partial charge on any atom is -0.493 e. The zero-order valence-electron chi connectivity index (χ0n) is 40.8. The molecule has 0 fully saturated rings. The fourth-order valence-electron chi connectivity index (χ4n) is 8.63. The quantitative estimate of drug-likeness (QED) is 0.0511. The highest BCUT2D eigenvalue weighted by molar-refractivity contribution is 7.11. The molecule has 1 aromatic heterocycles. The van der Waals surface area contributed by atoms with Crippen LogP contribution in [0, 0.1) is 0 Å². The number of hydrogen-bond donors (Lipinski definition) is 1. The Balaban J connectivity index is 1.01. The van der Waals surface area contributed by atoms with Gasteiger partial charge in [-0.2, -0.15) is 0 Å². The first-order valence-electron chi connectivity index (χ1n) is 23.4. The van der Waals surface area contributed by atoms with Crippen LogP contribution in [0.3, 0.4) is 0 Å². The summed E-state index contributed by atoms with van der Waals surface area (Å²) in [5.74, 6) is 0.179. The lowest BCUT2D eigenvalue weighted by Crippen LogP contribution is -2.45. The van der Waals surface area contributed by atoms with Crippen molar-refractivity contribution in [3.63, 3.8) is 0 Å². The third-order valence-corrected chi connectivity index (χ3v) is 17.0. The Kier molecular flexibility index (Phi) is 14.8. The van der Waals surface area contributed by atoms with Gasteiger partial charge in [-0.15, -0.1) is 11.3 Å². The van der Waals surface area contributed by atoms with Crippen LogP contribution >= 0.6 is 11.3 Å². The standard InChI is InChI=1S/C51H63N5O10SSi2/c1-61-43-25-37-39(55(31-63-18-21-68(3,4)5)50(59)41-23-34(29-53(41)48(37)57)33-12-14-36(52)15-13-33)27-45(43)65-16-10-17-66-46-28-40-38(26-44(46)62-2)49(58)54-30-35(47-11-9-20-67-47)24-42(54)51(60)56(40)32-64-19-22-69(6,7)8/h9,11-15,20,25-30,41-42H,10,16-19,21-24,31-32,52H2,1-8H3/t41-,42-/m0/s1. The molecule has 4 amide bonds. The molecule has 3 aromatic carbocycles. The molecule has 366 valence electrons. The van der Waals surface area contributed by atoms with E-state index in [0.717, 1.165) is 33.7 Å². The number of thiophene rings is 1. The van der Waals surface area contributed by atoms with Gasteiger partial charge >= 0.3 is 0 Å². The van der Waals surface area contributed by atoms with Gasteiger partial charge in [0.25, 0.3) is 23.6 Å². The summed E-state index contributed by atoms with van der Waals surface area (Å²) in [6.45, 7) is 14.8. The van der Waals surface area contributed by atoms with E-state index >= 15 is 0 Å². The van der Waals surface area contributed by atoms with E-state index in [0.29, 0.717) is 78.1 Å². The van der Waals surface area contributed by atoms with Gasteiger partial charge in [0.15, 0.2) is 23.0 Å². The topological polar surface area (TPSA) is 163 Å². The Morgan fingerprint density at radius 3 is 1.55 bits per heavy atom. The SMILES string of the molecule is COc1cc2c(cc1OCCCOc1cc3c(cc1OC)C(=O)N1C=C(c4cccs4)C[C@H]1C(=O)N3COCC[Si](C)(C)C)N(COCC[Si](C)(C)C)C(=O)[C@@H]1CC(c3ccc(N)cc3)=CN1C2=O. The molecule has 0 radical (unpaired) electrons. The van der Waals surface area contributed by atoms with Crippen LogP contribution in [0.5, 0.6) is 23.0 Å². The fraction of sp³-hybridized carbons (Fsp3) is 0.412. The number of benzene rings is 3. The van der Waals surface area contributed by atoms with Gasteiger partial charge in [-0.25, -0.2) is 0 Å². The van der Waals surface area contributed by atoms with Gasteiger partial charge in [-0.05, 0) is 64.5 Å². The number of fused-ring (bicyclic) bond motifs is 4. The number of anilines is 3. The molecule has 0 unspecified atom stereocenters. The van der Waals surface area contributed by atoms with Crippen molar-refractivity contribution in [3.05, 3.63) is 100 Å². The third-order valence-electron chi connectivity index (χ3n) is 12.6. The van der Waals surface area contributed by atoms with Crippen LogP contribution in [0.1, 0.15) is 50.4 Å². The second-order valence-electron chi connectivity index (χ2n) is 20.1. The Morgan fingerprint density at radius 2 is 1.10 bits per heavy atom. The van der Waals surface area contributed by atoms with Gasteiger partial charge in [0.05, 0.1) is 49.9 Å². The molecule has 4 aliphatic heterocycles. The number of rotatable bonds is 20. The summed E-state index contributed by atoms with van der Waals surface area (Å²) in [7, 11) is 0.150. The van der Waals surface area contributed by atoms with Crippen LogP contribution in [0.2, 0.25) is 51.4 Å². The van der Waals surface area contributed by atoms with Crippen molar-refractivity contribution < 1.29 is 47.6 Å². The largest absolute Gasteiger partial charge is 0.493 e. The van der Waals surface area contributed by atoms with Gasteiger partial charge in [0, 0.05) is 83.7 Å². The highest BCUT2D eigenvalue weighted by Crippen LogP contribution is 2.44. The highest BCUT2D eigenvalue weighted by Gasteiger charge is 2.45. The second-order valence-corrected chi connectivity index (χ2v) is 32.3. The van der Waals surface area contributed by atoms with E-state index < -0.39 is 28.2 Å². The van der Waals surface area contributed by atoms with Crippen LogP contribution in [0.15, 0.2) is 78.4 Å². The second kappa shape index (κ2) is 20.6. The Labute approximate surface area is 410 Å². The van der Waals surface area contributed by atoms with Crippen LogP contribution in [0.4, 0.5) is 17.1 Å². The highest BCUT2D eigenvalue weighted by atomic mass is 32.1. The summed E-state index contributed by atoms with van der Waals surface area (Å²) in [6, 6.07) is 18.3. The third kappa shape index (κ3) is 10.9. The first-order chi connectivity index (χ1) is 32.9. The van der Waals surface area contributed by atoms with Crippen LogP contribution in [-0.4, -0.2) is 116 Å². The number of nitrogens with two attached hydrogens (primary N) is 1. The van der Waals surface area contributed by atoms with Crippen LogP contribution < -0.4 is 34.5 Å². The zero-order chi connectivity index (χ0) is 49.2. The Morgan fingerprint density at radius 1 is 0.623 bits per heavy atom. The number of nitrogens with zero attached hydrogens (tertiary/aromatic N) is 4. The van der Waals surface area contributed by atoms with E-state index in [1.165, 1.54) is 24.0 Å². The maximum Gasteiger partial charge on any atom is 0.260 e. The van der Waals surface area contributed by atoms with E-state index in [9.17, 15) is 19.2 Å². The molecule has 2 atom stereocenters. The van der Waals surface area contributed by atoms with Crippen molar-refractivity contribution in [1.29, 1.82) is 0 Å². The molecule has 4 aromatic rings. The van der Waals surface area contributed by atoms with Crippen molar-refractivity contribution in [3.8, 4) is 23.0 Å². The number of nitrogen functional groups attached to an aromatic ring is 1. The molecule has 18 heteroatoms. The van der Waals surface area contributed by atoms with Gasteiger partial charge < -0.3 is 44.0 Å². The summed E-state index contributed by atoms with van der Waals surface area (Å²) in [5, 5.41) is 1.98. The monoisotopic (exact) mass is 993 g/mol. The van der Waals surface area contributed by atoms with Crippen LogP contribution in [-0.2, 0) is 19.1 Å². The summed E-state index contributed by atoms with van der Waals surface area (Å²) < 4.78 is 36.6. The lowest BCUT2D eigenvalue weighted by atomic mass is 10.0. The zero-order valence-corrected chi connectivity index (χ0v) is 43.6. The van der Waals surface area contributed by atoms with Crippen molar-refractivity contribution in [2.75, 3.05) is 69.6 Å². The minimum atomic E-state index is -1.44. The lowest BCUT2D eigenvalue weighted by molar-refractivity contribution is -0.123. The number of carbonyl (C=O) groups excluding carboxylic acids is 4. The number of hydrogen-bond acceptors (Lipinski definition) is 12. The van der Waals surface area contributed by atoms with E-state index in [-0.39, 0.29) is 55.9 Å². The van der Waals surface area contributed by atoms with E-state index in [2.05, 4.69) is 39.3 Å². The minimum absolute atomic E-state index is 0.0241. The maximum absolute atomic E-state index is 14.5. The smallest absolute Gasteiger partial charge is 0.260 e. The summed E-state index contributed by atoms with van der Waals surface area (Å²) in [5.41, 5.74) is 10.6. The average molecular weight is 994 g/mol. The summed E-state index contributed by atoms with van der Waals surface area (Å²) in [6.07, 6.45) is 4.66. The number of ether oxygens (including phenoxy) is 6. The molecule has 15 nitrogen and oxygen atoms in total. The molecule has 4 aliphatic rings. The molecule has 0 bridgehead atoms. The molecule has 8 rings (SSSR count). The number of amides is 4. The molecule has 0 aliphatic carbocycles. The normalized spacial score (nSPS) is 18.0. The van der Waals surface area contributed by atoms with Crippen molar-refractivity contribution in [1.82, 2.24) is 9.80 Å². The molecule has 2 N–H and O–H groups in total. The predicted molar refractivity (Wildman–Crippen MR) is 275 cm³/mol. The Hall–Kier alpha value is -5.93. The molecular formula is C51H63N5O10SSi2. The molecule has 69 heavy (non-hydrogen) atoms. The average Bonchev–Trinajstić information content (AvgIpc) is 4.10. The summed E-state index contributed by atoms with van der Waals surface area (Å²) >= 11 is 1.57. The maximum atomic E-state index is 14.5. The predicted octanol–water partition coefficient (Wildman–Crippen LogP) is 9.02. The van der Waals surface area contributed by atoms with E-state index in [1.54, 1.807) is 69.9 Å². The molecule has 0 saturated carbocycles. The molecule has 5 heterocycles. The Bertz CT molecular complexity index is 2640. The van der Waals surface area contributed by atoms with Crippen LogP contribution in [0.25, 0.3) is 11.1 Å². The first kappa shape index (κ1) is 49.5.